The van der Waals surface area contributed by atoms with E-state index in [1.807, 2.05) is 0 Å². The van der Waals surface area contributed by atoms with E-state index < -0.39 is 0 Å². The summed E-state index contributed by atoms with van der Waals surface area (Å²) in [5.41, 5.74) is 13.5. The van der Waals surface area contributed by atoms with E-state index in [4.69, 9.17) is 0 Å². The van der Waals surface area contributed by atoms with Gasteiger partial charge in [0.05, 0.1) is 0 Å². The van der Waals surface area contributed by atoms with Crippen LogP contribution in [0, 0.1) is 0 Å². The van der Waals surface area contributed by atoms with Crippen LogP contribution in [-0.4, -0.2) is 33.2 Å². The third-order valence-electron chi connectivity index (χ3n) is 12.3. The second-order valence-corrected chi connectivity index (χ2v) is 15.4. The van der Waals surface area contributed by atoms with E-state index in [-0.39, 0.29) is 0 Å². The van der Waals surface area contributed by atoms with Gasteiger partial charge in [0.2, 0.25) is 0 Å². The lowest BCUT2D eigenvalue weighted by molar-refractivity contribution is 0.578. The fourth-order valence-corrected chi connectivity index (χ4v) is 9.64. The van der Waals surface area contributed by atoms with Crippen LogP contribution in [0.3, 0.4) is 0 Å². The van der Waals surface area contributed by atoms with Crippen LogP contribution in [0.1, 0.15) is 49.7 Å². The molecule has 0 unspecified atom stereocenters. The molecule has 3 aliphatic rings. The van der Waals surface area contributed by atoms with Crippen LogP contribution in [0.25, 0.3) is 54.6 Å². The highest BCUT2D eigenvalue weighted by molar-refractivity contribution is 6.24. The number of hydrogen-bond donors (Lipinski definition) is 0. The number of fused-ring (bicyclic) bond motifs is 5. The van der Waals surface area contributed by atoms with Gasteiger partial charge in [-0.3, -0.25) is 0 Å². The van der Waals surface area contributed by atoms with Crippen molar-refractivity contribution in [3.63, 3.8) is 0 Å². The van der Waals surface area contributed by atoms with E-state index in [9.17, 15) is 0 Å². The Bertz CT molecular complexity index is 2460. The first kappa shape index (κ1) is 31.5. The van der Waals surface area contributed by atoms with Gasteiger partial charge < -0.3 is 14.7 Å². The molecule has 52 heavy (non-hydrogen) atoms. The zero-order chi connectivity index (χ0) is 34.6. The molecular weight excluding hydrogens is 631 g/mol. The molecule has 2 fully saturated rings. The minimum absolute atomic E-state index is 1.05. The van der Waals surface area contributed by atoms with Crippen LogP contribution in [0.5, 0.6) is 0 Å². The molecule has 0 aromatic heterocycles. The van der Waals surface area contributed by atoms with Gasteiger partial charge in [-0.15, -0.1) is 0 Å². The summed E-state index contributed by atoms with van der Waals surface area (Å²) in [7, 11) is 2.26. The molecular formula is C49H47N3. The summed E-state index contributed by atoms with van der Waals surface area (Å²) in [5.74, 6) is 0. The Hall–Kier alpha value is -5.28. The molecule has 0 bridgehead atoms. The minimum Gasteiger partial charge on any atom is -0.372 e. The van der Waals surface area contributed by atoms with Crippen molar-refractivity contribution in [2.75, 3.05) is 47.9 Å². The molecule has 0 N–H and O–H groups in total. The zero-order valence-electron chi connectivity index (χ0n) is 30.4. The highest BCUT2D eigenvalue weighted by atomic mass is 15.1. The highest BCUT2D eigenvalue weighted by Crippen LogP contribution is 2.48. The standard InChI is InChI=1S/C49H47N3/c1-50-46-18-7-5-14-35(46)19-20-36-21-22-37(31-47(36)50)48-42-25-23-39(52-29-10-3-11-30-52)33-45(42)49(41-17-12-15-34-13-4-6-16-40(34)41)43-26-24-38(32-44(43)48)51-27-8-2-9-28-51/h4-7,12-18,21-26,31-33H,2-3,8-11,19-20,27-30H2,1H3. The lowest BCUT2D eigenvalue weighted by Crippen LogP contribution is -2.29. The largest absolute Gasteiger partial charge is 0.372 e. The maximum atomic E-state index is 2.62. The van der Waals surface area contributed by atoms with E-state index in [0.29, 0.717) is 0 Å². The molecule has 0 amide bonds. The first-order valence-corrected chi connectivity index (χ1v) is 19.7. The number of nitrogens with zero attached hydrogens (tertiary/aromatic N) is 3. The Morgan fingerprint density at radius 3 is 1.75 bits per heavy atom. The smallest absolute Gasteiger partial charge is 0.0447 e. The van der Waals surface area contributed by atoms with Crippen LogP contribution in [-0.2, 0) is 12.8 Å². The molecule has 7 aromatic rings. The van der Waals surface area contributed by atoms with E-state index >= 15 is 0 Å². The number of rotatable bonds is 4. The Balaban J connectivity index is 1.29. The van der Waals surface area contributed by atoms with Crippen LogP contribution >= 0.6 is 0 Å². The third-order valence-corrected chi connectivity index (χ3v) is 12.3. The lowest BCUT2D eigenvalue weighted by Gasteiger charge is -2.31. The van der Waals surface area contributed by atoms with Crippen molar-refractivity contribution in [3.05, 3.63) is 132 Å². The quantitative estimate of drug-likeness (QED) is 0.172. The Morgan fingerprint density at radius 2 is 1.02 bits per heavy atom. The van der Waals surface area contributed by atoms with E-state index in [1.54, 1.807) is 0 Å². The van der Waals surface area contributed by atoms with Crippen molar-refractivity contribution >= 4 is 55.1 Å². The van der Waals surface area contributed by atoms with Gasteiger partial charge in [-0.1, -0.05) is 84.9 Å². The maximum absolute atomic E-state index is 2.62. The number of hydrogen-bond acceptors (Lipinski definition) is 3. The summed E-state index contributed by atoms with van der Waals surface area (Å²) < 4.78 is 0. The van der Waals surface area contributed by atoms with E-state index in [0.717, 1.165) is 39.0 Å². The van der Waals surface area contributed by atoms with Crippen molar-refractivity contribution in [2.45, 2.75) is 51.4 Å². The topological polar surface area (TPSA) is 9.72 Å². The first-order valence-electron chi connectivity index (χ1n) is 19.7. The molecule has 3 aliphatic heterocycles. The third kappa shape index (κ3) is 5.32. The van der Waals surface area contributed by atoms with Crippen molar-refractivity contribution < 1.29 is 0 Å². The SMILES string of the molecule is CN1c2ccccc2CCc2ccc(-c3c4cc(N5CCCCC5)ccc4c(-c4cccc5ccccc45)c4cc(N5CCCCC5)ccc34)cc21. The Labute approximate surface area is 308 Å². The summed E-state index contributed by atoms with van der Waals surface area (Å²) in [6.07, 6.45) is 9.84. The van der Waals surface area contributed by atoms with Crippen LogP contribution in [0.4, 0.5) is 22.7 Å². The Morgan fingerprint density at radius 1 is 0.423 bits per heavy atom. The Kier molecular flexibility index (Phi) is 7.89. The number of piperidine rings is 2. The normalized spacial score (nSPS) is 16.3. The molecule has 3 nitrogen and oxygen atoms in total. The van der Waals surface area contributed by atoms with Gasteiger partial charge >= 0.3 is 0 Å². The average Bonchev–Trinajstić information content (AvgIpc) is 3.35. The minimum atomic E-state index is 1.05. The number of aryl methyl sites for hydroxylation is 2. The van der Waals surface area contributed by atoms with Crippen LogP contribution in [0.2, 0.25) is 0 Å². The van der Waals surface area contributed by atoms with Gasteiger partial charge in [-0.25, -0.2) is 0 Å². The summed E-state index contributed by atoms with van der Waals surface area (Å²) in [4.78, 5) is 7.67. The molecule has 0 saturated carbocycles. The molecule has 0 spiro atoms. The number of anilines is 4. The van der Waals surface area contributed by atoms with E-state index in [2.05, 4.69) is 143 Å². The number of para-hydroxylation sites is 1. The molecule has 2 saturated heterocycles. The summed E-state index contributed by atoms with van der Waals surface area (Å²) in [6, 6.07) is 46.9. The molecule has 3 heteroatoms. The molecule has 7 aromatic carbocycles. The molecule has 3 heterocycles. The lowest BCUT2D eigenvalue weighted by atomic mass is 9.83. The van der Waals surface area contributed by atoms with Crippen LogP contribution < -0.4 is 14.7 Å². The second kappa shape index (κ2) is 13.0. The molecule has 0 atom stereocenters. The van der Waals surface area contributed by atoms with Crippen LogP contribution in [0.15, 0.2) is 121 Å². The predicted octanol–water partition coefficient (Wildman–Crippen LogP) is 12.3. The monoisotopic (exact) mass is 677 g/mol. The van der Waals surface area contributed by atoms with Crippen molar-refractivity contribution in [1.82, 2.24) is 0 Å². The number of benzene rings is 7. The molecule has 0 radical (unpaired) electrons. The van der Waals surface area contributed by atoms with Gasteiger partial charge in [0, 0.05) is 56.0 Å². The van der Waals surface area contributed by atoms with Gasteiger partial charge in [0.15, 0.2) is 0 Å². The summed E-state index contributed by atoms with van der Waals surface area (Å²) >= 11 is 0. The summed E-state index contributed by atoms with van der Waals surface area (Å²) in [6.45, 7) is 4.53. The predicted molar refractivity (Wildman–Crippen MR) is 224 cm³/mol. The fraction of sp³-hybridized carbons (Fsp3) is 0.265. The molecule has 10 rings (SSSR count). The zero-order valence-corrected chi connectivity index (χ0v) is 30.4. The van der Waals surface area contributed by atoms with Gasteiger partial charge in [-0.05, 0) is 153 Å². The van der Waals surface area contributed by atoms with Crippen molar-refractivity contribution in [1.29, 1.82) is 0 Å². The van der Waals surface area contributed by atoms with Gasteiger partial charge in [0.1, 0.15) is 0 Å². The first-order chi connectivity index (χ1) is 25.7. The average molecular weight is 678 g/mol. The second-order valence-electron chi connectivity index (χ2n) is 15.4. The highest BCUT2D eigenvalue weighted by Gasteiger charge is 2.24. The molecule has 0 aliphatic carbocycles. The van der Waals surface area contributed by atoms with Crippen molar-refractivity contribution in [2.24, 2.45) is 0 Å². The fourth-order valence-electron chi connectivity index (χ4n) is 9.64. The molecule has 258 valence electrons. The van der Waals surface area contributed by atoms with Gasteiger partial charge in [0.25, 0.3) is 0 Å². The van der Waals surface area contributed by atoms with Gasteiger partial charge in [-0.2, -0.15) is 0 Å². The summed E-state index contributed by atoms with van der Waals surface area (Å²) in [5, 5.41) is 7.97. The van der Waals surface area contributed by atoms with Crippen molar-refractivity contribution in [3.8, 4) is 22.3 Å². The maximum Gasteiger partial charge on any atom is 0.0447 e. The van der Waals surface area contributed by atoms with E-state index in [1.165, 1.54) is 127 Å².